The van der Waals surface area contributed by atoms with E-state index in [1.165, 1.54) is 0 Å². The van der Waals surface area contributed by atoms with Crippen LogP contribution in [-0.2, 0) is 0 Å². The van der Waals surface area contributed by atoms with E-state index in [-0.39, 0.29) is 17.5 Å². The molecule has 3 rings (SSSR count). The largest absolute Gasteiger partial charge is 0.338 e. The van der Waals surface area contributed by atoms with Crippen molar-refractivity contribution in [3.05, 3.63) is 47.5 Å². The number of hydrogen-bond donors (Lipinski definition) is 0. The second kappa shape index (κ2) is 6.67. The van der Waals surface area contributed by atoms with E-state index in [0.29, 0.717) is 13.1 Å². The van der Waals surface area contributed by atoms with Gasteiger partial charge in [0.1, 0.15) is 23.8 Å². The maximum absolute atomic E-state index is 13.9. The van der Waals surface area contributed by atoms with Crippen molar-refractivity contribution in [2.45, 2.75) is 38.6 Å². The first kappa shape index (κ1) is 16.5. The number of likely N-dealkylation sites (tertiary alicyclic amines) is 1. The molecule has 2 heterocycles. The van der Waals surface area contributed by atoms with Gasteiger partial charge in [0.05, 0.1) is 5.56 Å². The molecular formula is C17H20F2N4O. The summed E-state index contributed by atoms with van der Waals surface area (Å²) in [4.78, 5) is 14.2. The molecule has 7 heteroatoms. The summed E-state index contributed by atoms with van der Waals surface area (Å²) in [6.07, 6.45) is 3.37. The van der Waals surface area contributed by atoms with Crippen LogP contribution in [0.5, 0.6) is 0 Å². The zero-order chi connectivity index (χ0) is 17.3. The van der Waals surface area contributed by atoms with Gasteiger partial charge in [-0.05, 0) is 44.9 Å². The Labute approximate surface area is 139 Å². The summed E-state index contributed by atoms with van der Waals surface area (Å²) in [7, 11) is 0. The number of aromatic nitrogens is 3. The normalized spacial score (nSPS) is 18.2. The zero-order valence-electron chi connectivity index (χ0n) is 13.7. The number of rotatable bonds is 3. The van der Waals surface area contributed by atoms with Crippen LogP contribution in [0.1, 0.15) is 54.8 Å². The third kappa shape index (κ3) is 3.16. The van der Waals surface area contributed by atoms with Gasteiger partial charge in [-0.2, -0.15) is 0 Å². The van der Waals surface area contributed by atoms with E-state index < -0.39 is 17.5 Å². The molecule has 0 radical (unpaired) electrons. The molecule has 1 amide bonds. The molecule has 1 atom stereocenters. The predicted molar refractivity (Wildman–Crippen MR) is 84.6 cm³/mol. The highest BCUT2D eigenvalue weighted by Gasteiger charge is 2.30. The van der Waals surface area contributed by atoms with Gasteiger partial charge in [-0.25, -0.2) is 8.78 Å². The van der Waals surface area contributed by atoms with Gasteiger partial charge in [0.25, 0.3) is 5.91 Å². The van der Waals surface area contributed by atoms with Crippen molar-refractivity contribution < 1.29 is 13.6 Å². The van der Waals surface area contributed by atoms with E-state index in [9.17, 15) is 13.6 Å². The lowest BCUT2D eigenvalue weighted by Crippen LogP contribution is -2.40. The SMILES string of the molecule is CC(C)n1cnnc1C1CCCN(C(=O)c2cc(F)ccc2F)C1. The maximum Gasteiger partial charge on any atom is 0.256 e. The van der Waals surface area contributed by atoms with Gasteiger partial charge in [0, 0.05) is 25.0 Å². The summed E-state index contributed by atoms with van der Waals surface area (Å²) >= 11 is 0. The Balaban J connectivity index is 1.81. The smallest absolute Gasteiger partial charge is 0.256 e. The van der Waals surface area contributed by atoms with Gasteiger partial charge >= 0.3 is 0 Å². The molecule has 1 aliphatic heterocycles. The van der Waals surface area contributed by atoms with Crippen molar-refractivity contribution in [1.29, 1.82) is 0 Å². The third-order valence-electron chi connectivity index (χ3n) is 4.39. The highest BCUT2D eigenvalue weighted by molar-refractivity contribution is 5.94. The van der Waals surface area contributed by atoms with E-state index in [1.807, 2.05) is 18.4 Å². The third-order valence-corrected chi connectivity index (χ3v) is 4.39. The molecule has 2 aromatic rings. The number of nitrogens with zero attached hydrogens (tertiary/aromatic N) is 4. The van der Waals surface area contributed by atoms with Crippen LogP contribution in [0.4, 0.5) is 8.78 Å². The lowest BCUT2D eigenvalue weighted by molar-refractivity contribution is 0.0697. The Kier molecular flexibility index (Phi) is 4.59. The second-order valence-electron chi connectivity index (χ2n) is 6.40. The quantitative estimate of drug-likeness (QED) is 0.866. The molecule has 0 bridgehead atoms. The van der Waals surface area contributed by atoms with E-state index in [1.54, 1.807) is 11.2 Å². The predicted octanol–water partition coefficient (Wildman–Crippen LogP) is 3.16. The highest BCUT2D eigenvalue weighted by atomic mass is 19.1. The molecule has 128 valence electrons. The minimum atomic E-state index is -0.700. The van der Waals surface area contributed by atoms with Crippen LogP contribution in [0.15, 0.2) is 24.5 Å². The molecule has 1 saturated heterocycles. The number of carbonyl (C=O) groups is 1. The maximum atomic E-state index is 13.9. The molecule has 1 fully saturated rings. The van der Waals surface area contributed by atoms with Crippen LogP contribution in [0.25, 0.3) is 0 Å². The first-order chi connectivity index (χ1) is 11.5. The summed E-state index contributed by atoms with van der Waals surface area (Å²) < 4.78 is 29.2. The molecule has 24 heavy (non-hydrogen) atoms. The first-order valence-electron chi connectivity index (χ1n) is 8.11. The lowest BCUT2D eigenvalue weighted by Gasteiger charge is -2.33. The molecular weight excluding hydrogens is 314 g/mol. The number of benzene rings is 1. The minimum Gasteiger partial charge on any atom is -0.338 e. The summed E-state index contributed by atoms with van der Waals surface area (Å²) in [5.41, 5.74) is -0.221. The lowest BCUT2D eigenvalue weighted by atomic mass is 9.96. The first-order valence-corrected chi connectivity index (χ1v) is 8.11. The fourth-order valence-corrected chi connectivity index (χ4v) is 3.15. The molecule has 5 nitrogen and oxygen atoms in total. The van der Waals surface area contributed by atoms with E-state index in [4.69, 9.17) is 0 Å². The van der Waals surface area contributed by atoms with Gasteiger partial charge in [0.15, 0.2) is 0 Å². The Morgan fingerprint density at radius 2 is 2.12 bits per heavy atom. The van der Waals surface area contributed by atoms with Crippen molar-refractivity contribution in [2.24, 2.45) is 0 Å². The molecule has 0 saturated carbocycles. The molecule has 0 aliphatic carbocycles. The highest BCUT2D eigenvalue weighted by Crippen LogP contribution is 2.28. The van der Waals surface area contributed by atoms with Gasteiger partial charge in [-0.3, -0.25) is 4.79 Å². The number of piperidine rings is 1. The fourth-order valence-electron chi connectivity index (χ4n) is 3.15. The summed E-state index contributed by atoms with van der Waals surface area (Å²) in [6.45, 7) is 5.04. The van der Waals surface area contributed by atoms with Crippen LogP contribution in [0.3, 0.4) is 0 Å². The van der Waals surface area contributed by atoms with Gasteiger partial charge in [-0.15, -0.1) is 10.2 Å². The monoisotopic (exact) mass is 334 g/mol. The molecule has 1 unspecified atom stereocenters. The van der Waals surface area contributed by atoms with Crippen molar-refractivity contribution >= 4 is 5.91 Å². The van der Waals surface area contributed by atoms with Crippen molar-refractivity contribution in [1.82, 2.24) is 19.7 Å². The van der Waals surface area contributed by atoms with Crippen molar-refractivity contribution in [2.75, 3.05) is 13.1 Å². The Hall–Kier alpha value is -2.31. The molecule has 0 N–H and O–H groups in total. The van der Waals surface area contributed by atoms with E-state index in [0.717, 1.165) is 36.9 Å². The van der Waals surface area contributed by atoms with Crippen molar-refractivity contribution in [3.63, 3.8) is 0 Å². The van der Waals surface area contributed by atoms with E-state index >= 15 is 0 Å². The topological polar surface area (TPSA) is 51.0 Å². The molecule has 1 aromatic carbocycles. The fraction of sp³-hybridized carbons (Fsp3) is 0.471. The van der Waals surface area contributed by atoms with Crippen LogP contribution < -0.4 is 0 Å². The Morgan fingerprint density at radius 1 is 1.33 bits per heavy atom. The number of carbonyl (C=O) groups excluding carboxylic acids is 1. The average Bonchev–Trinajstić information content (AvgIpc) is 3.06. The zero-order valence-corrected chi connectivity index (χ0v) is 13.7. The average molecular weight is 334 g/mol. The van der Waals surface area contributed by atoms with Crippen molar-refractivity contribution in [3.8, 4) is 0 Å². The summed E-state index contributed by atoms with van der Waals surface area (Å²) in [5, 5.41) is 8.17. The van der Waals surface area contributed by atoms with Gasteiger partial charge in [0.2, 0.25) is 0 Å². The minimum absolute atomic E-state index is 0.0456. The number of hydrogen-bond acceptors (Lipinski definition) is 3. The van der Waals surface area contributed by atoms with Crippen LogP contribution in [0.2, 0.25) is 0 Å². The number of amides is 1. The molecule has 1 aliphatic rings. The molecule has 0 spiro atoms. The van der Waals surface area contributed by atoms with E-state index in [2.05, 4.69) is 10.2 Å². The number of halogens is 2. The van der Waals surface area contributed by atoms with Crippen LogP contribution in [0, 0.1) is 11.6 Å². The molecule has 1 aromatic heterocycles. The van der Waals surface area contributed by atoms with Gasteiger partial charge < -0.3 is 9.47 Å². The van der Waals surface area contributed by atoms with Crippen LogP contribution in [-0.4, -0.2) is 38.7 Å². The summed E-state index contributed by atoms with van der Waals surface area (Å²) in [6, 6.07) is 3.18. The Morgan fingerprint density at radius 3 is 2.88 bits per heavy atom. The standard InChI is InChI=1S/C17H20F2N4O/c1-11(2)23-10-20-21-16(23)12-4-3-7-22(9-12)17(24)14-8-13(18)5-6-15(14)19/h5-6,8,10-12H,3-4,7,9H2,1-2H3. The van der Waals surface area contributed by atoms with Crippen LogP contribution >= 0.6 is 0 Å². The Bertz CT molecular complexity index is 744. The van der Waals surface area contributed by atoms with Gasteiger partial charge in [-0.1, -0.05) is 0 Å². The second-order valence-corrected chi connectivity index (χ2v) is 6.40. The summed E-state index contributed by atoms with van der Waals surface area (Å²) in [5.74, 6) is -0.916.